The number of carbonyl (C=O) groups is 1. The Hall–Kier alpha value is -1.35. The molecule has 0 aliphatic carbocycles. The minimum Gasteiger partial charge on any atom is -0.351 e. The smallest absolute Gasteiger partial charge is 0.224 e. The van der Waals surface area contributed by atoms with Crippen LogP contribution in [0.25, 0.3) is 0 Å². The molecule has 0 heterocycles. The Labute approximate surface area is 123 Å². The molecule has 1 amide bonds. The van der Waals surface area contributed by atoms with Crippen molar-refractivity contribution in [2.24, 2.45) is 5.92 Å². The number of rotatable bonds is 8. The minimum atomic E-state index is -0.173. The first-order valence-electron chi connectivity index (χ1n) is 7.51. The van der Waals surface area contributed by atoms with Crippen LogP contribution in [0.3, 0.4) is 0 Å². The molecule has 0 saturated carbocycles. The second kappa shape index (κ2) is 8.05. The van der Waals surface area contributed by atoms with Crippen LogP contribution in [-0.4, -0.2) is 24.5 Å². The molecule has 0 aliphatic rings. The van der Waals surface area contributed by atoms with E-state index in [1.54, 1.807) is 0 Å². The summed E-state index contributed by atoms with van der Waals surface area (Å²) >= 11 is 0. The lowest BCUT2D eigenvalue weighted by atomic mass is 9.94. The van der Waals surface area contributed by atoms with Crippen LogP contribution in [0, 0.1) is 5.92 Å². The fourth-order valence-corrected chi connectivity index (χ4v) is 2.07. The van der Waals surface area contributed by atoms with Crippen molar-refractivity contribution in [3.8, 4) is 0 Å². The standard InChI is InChI=1S/C17H28N2O/c1-5-18-13-14(2)16(20)19-17(3,4)12-11-15-9-7-6-8-10-15/h6-10,14,18H,5,11-13H2,1-4H3,(H,19,20). The molecule has 0 fully saturated rings. The first-order chi connectivity index (χ1) is 9.44. The summed E-state index contributed by atoms with van der Waals surface area (Å²) in [6.45, 7) is 9.83. The van der Waals surface area contributed by atoms with Gasteiger partial charge in [-0.2, -0.15) is 0 Å². The monoisotopic (exact) mass is 276 g/mol. The molecule has 0 bridgehead atoms. The van der Waals surface area contributed by atoms with Crippen molar-refractivity contribution in [3.63, 3.8) is 0 Å². The Morgan fingerprint density at radius 1 is 1.25 bits per heavy atom. The summed E-state index contributed by atoms with van der Waals surface area (Å²) in [5, 5.41) is 6.37. The van der Waals surface area contributed by atoms with Crippen molar-refractivity contribution in [2.45, 2.75) is 46.1 Å². The molecule has 0 saturated heterocycles. The lowest BCUT2D eigenvalue weighted by Crippen LogP contribution is -2.47. The van der Waals surface area contributed by atoms with E-state index in [-0.39, 0.29) is 17.4 Å². The summed E-state index contributed by atoms with van der Waals surface area (Å²) in [6, 6.07) is 10.4. The van der Waals surface area contributed by atoms with E-state index in [1.165, 1.54) is 5.56 Å². The number of aryl methyl sites for hydroxylation is 1. The van der Waals surface area contributed by atoms with Crippen molar-refractivity contribution in [2.75, 3.05) is 13.1 Å². The number of hydrogen-bond donors (Lipinski definition) is 2. The van der Waals surface area contributed by atoms with E-state index in [1.807, 2.05) is 13.0 Å². The average Bonchev–Trinajstić information content (AvgIpc) is 2.43. The molecular weight excluding hydrogens is 248 g/mol. The van der Waals surface area contributed by atoms with Gasteiger partial charge in [-0.1, -0.05) is 44.2 Å². The van der Waals surface area contributed by atoms with Gasteiger partial charge in [-0.25, -0.2) is 0 Å². The van der Waals surface area contributed by atoms with Gasteiger partial charge in [-0.3, -0.25) is 4.79 Å². The van der Waals surface area contributed by atoms with E-state index in [4.69, 9.17) is 0 Å². The molecule has 1 unspecified atom stereocenters. The predicted octanol–water partition coefficient (Wildman–Crippen LogP) is 2.76. The quantitative estimate of drug-likeness (QED) is 0.766. The summed E-state index contributed by atoms with van der Waals surface area (Å²) < 4.78 is 0. The highest BCUT2D eigenvalue weighted by atomic mass is 16.2. The molecule has 3 heteroatoms. The second-order valence-corrected chi connectivity index (χ2v) is 6.07. The summed E-state index contributed by atoms with van der Waals surface area (Å²) in [7, 11) is 0. The largest absolute Gasteiger partial charge is 0.351 e. The van der Waals surface area contributed by atoms with Crippen LogP contribution in [0.4, 0.5) is 0 Å². The molecule has 3 nitrogen and oxygen atoms in total. The average molecular weight is 276 g/mol. The highest BCUT2D eigenvalue weighted by Crippen LogP contribution is 2.14. The lowest BCUT2D eigenvalue weighted by molar-refractivity contribution is -0.126. The highest BCUT2D eigenvalue weighted by molar-refractivity contribution is 5.79. The van der Waals surface area contributed by atoms with Crippen molar-refractivity contribution in [1.29, 1.82) is 0 Å². The SMILES string of the molecule is CCNCC(C)C(=O)NC(C)(C)CCc1ccccc1. The van der Waals surface area contributed by atoms with Crippen LogP contribution < -0.4 is 10.6 Å². The van der Waals surface area contributed by atoms with E-state index in [0.29, 0.717) is 0 Å². The van der Waals surface area contributed by atoms with Gasteiger partial charge < -0.3 is 10.6 Å². The normalized spacial score (nSPS) is 13.0. The first kappa shape index (κ1) is 16.7. The van der Waals surface area contributed by atoms with E-state index < -0.39 is 0 Å². The van der Waals surface area contributed by atoms with Crippen molar-refractivity contribution < 1.29 is 4.79 Å². The van der Waals surface area contributed by atoms with Crippen molar-refractivity contribution in [1.82, 2.24) is 10.6 Å². The van der Waals surface area contributed by atoms with Gasteiger partial charge in [0.2, 0.25) is 5.91 Å². The first-order valence-corrected chi connectivity index (χ1v) is 7.51. The molecule has 20 heavy (non-hydrogen) atoms. The Kier molecular flexibility index (Phi) is 6.73. The Morgan fingerprint density at radius 3 is 2.50 bits per heavy atom. The zero-order valence-electron chi connectivity index (χ0n) is 13.2. The van der Waals surface area contributed by atoms with Gasteiger partial charge in [0, 0.05) is 18.0 Å². The topological polar surface area (TPSA) is 41.1 Å². The summed E-state index contributed by atoms with van der Waals surface area (Å²) in [4.78, 5) is 12.1. The summed E-state index contributed by atoms with van der Waals surface area (Å²) in [6.07, 6.45) is 1.92. The fraction of sp³-hybridized carbons (Fsp3) is 0.588. The third-order valence-electron chi connectivity index (χ3n) is 3.49. The van der Waals surface area contributed by atoms with Crippen LogP contribution in [-0.2, 0) is 11.2 Å². The zero-order chi connectivity index (χ0) is 15.0. The van der Waals surface area contributed by atoms with Crippen LogP contribution in [0.1, 0.15) is 39.7 Å². The van der Waals surface area contributed by atoms with E-state index in [2.05, 4.69) is 55.7 Å². The van der Waals surface area contributed by atoms with Crippen LogP contribution >= 0.6 is 0 Å². The van der Waals surface area contributed by atoms with Crippen LogP contribution in [0.5, 0.6) is 0 Å². The van der Waals surface area contributed by atoms with Crippen LogP contribution in [0.2, 0.25) is 0 Å². The molecule has 0 aromatic heterocycles. The zero-order valence-corrected chi connectivity index (χ0v) is 13.2. The minimum absolute atomic E-state index is 0.00551. The van der Waals surface area contributed by atoms with Gasteiger partial charge >= 0.3 is 0 Å². The number of carbonyl (C=O) groups excluding carboxylic acids is 1. The second-order valence-electron chi connectivity index (χ2n) is 6.07. The number of hydrogen-bond acceptors (Lipinski definition) is 2. The van der Waals surface area contributed by atoms with Gasteiger partial charge in [0.25, 0.3) is 0 Å². The fourth-order valence-electron chi connectivity index (χ4n) is 2.07. The van der Waals surface area contributed by atoms with Gasteiger partial charge in [0.05, 0.1) is 0 Å². The van der Waals surface area contributed by atoms with Crippen LogP contribution in [0.15, 0.2) is 30.3 Å². The number of benzene rings is 1. The summed E-state index contributed by atoms with van der Waals surface area (Å²) in [5.74, 6) is 0.134. The van der Waals surface area contributed by atoms with Gasteiger partial charge in [0.15, 0.2) is 0 Å². The molecule has 112 valence electrons. The van der Waals surface area contributed by atoms with E-state index >= 15 is 0 Å². The third kappa shape index (κ3) is 6.20. The molecule has 0 spiro atoms. The van der Waals surface area contributed by atoms with Crippen molar-refractivity contribution in [3.05, 3.63) is 35.9 Å². The molecular formula is C17H28N2O. The van der Waals surface area contributed by atoms with Gasteiger partial charge in [0.1, 0.15) is 0 Å². The van der Waals surface area contributed by atoms with Crippen molar-refractivity contribution >= 4 is 5.91 Å². The maximum Gasteiger partial charge on any atom is 0.224 e. The molecule has 1 atom stereocenters. The molecule has 1 aromatic carbocycles. The maximum absolute atomic E-state index is 12.1. The van der Waals surface area contributed by atoms with Gasteiger partial charge in [-0.15, -0.1) is 0 Å². The number of nitrogens with one attached hydrogen (secondary N) is 2. The maximum atomic E-state index is 12.1. The van der Waals surface area contributed by atoms with E-state index in [0.717, 1.165) is 25.9 Å². The summed E-state index contributed by atoms with van der Waals surface area (Å²) in [5.41, 5.74) is 1.14. The number of amides is 1. The Bertz CT molecular complexity index is 401. The molecule has 1 rings (SSSR count). The Balaban J connectivity index is 2.42. The Morgan fingerprint density at radius 2 is 1.90 bits per heavy atom. The van der Waals surface area contributed by atoms with Gasteiger partial charge in [-0.05, 0) is 38.8 Å². The molecule has 2 N–H and O–H groups in total. The third-order valence-corrected chi connectivity index (χ3v) is 3.49. The molecule has 1 aromatic rings. The van der Waals surface area contributed by atoms with E-state index in [9.17, 15) is 4.79 Å². The predicted molar refractivity (Wildman–Crippen MR) is 84.7 cm³/mol. The highest BCUT2D eigenvalue weighted by Gasteiger charge is 2.23. The molecule has 0 radical (unpaired) electrons. The molecule has 0 aliphatic heterocycles. The lowest BCUT2D eigenvalue weighted by Gasteiger charge is -2.28.